The Bertz CT molecular complexity index is 935. The number of nitrogens with zero attached hydrogens (tertiary/aromatic N) is 2. The topological polar surface area (TPSA) is 55.1 Å². The molecule has 2 aromatic carbocycles. The molecule has 0 aliphatic rings. The molecule has 0 saturated heterocycles. The molecule has 3 aromatic rings. The highest BCUT2D eigenvalue weighted by Gasteiger charge is 2.09. The highest BCUT2D eigenvalue weighted by Crippen LogP contribution is 2.28. The molecule has 0 fully saturated rings. The van der Waals surface area contributed by atoms with Gasteiger partial charge in [-0.25, -0.2) is 4.98 Å². The van der Waals surface area contributed by atoms with E-state index in [0.29, 0.717) is 17.2 Å². The number of thiazole rings is 1. The Labute approximate surface area is 157 Å². The number of benzene rings is 2. The van der Waals surface area contributed by atoms with E-state index in [1.807, 2.05) is 66.9 Å². The summed E-state index contributed by atoms with van der Waals surface area (Å²) in [4.78, 5) is 4.62. The Morgan fingerprint density at radius 2 is 1.81 bits per heavy atom. The first-order chi connectivity index (χ1) is 12.7. The summed E-state index contributed by atoms with van der Waals surface area (Å²) in [6, 6.07) is 17.6. The summed E-state index contributed by atoms with van der Waals surface area (Å²) in [5.74, 6) is 1.62. The van der Waals surface area contributed by atoms with E-state index in [1.165, 1.54) is 11.3 Å². The van der Waals surface area contributed by atoms with Crippen LogP contribution in [0.25, 0.3) is 22.9 Å². The maximum Gasteiger partial charge on any atom is 0.134 e. The third-order valence-electron chi connectivity index (χ3n) is 3.74. The van der Waals surface area contributed by atoms with Crippen molar-refractivity contribution < 1.29 is 9.47 Å². The fourth-order valence-electron chi connectivity index (χ4n) is 2.43. The summed E-state index contributed by atoms with van der Waals surface area (Å²) in [6.45, 7) is 2.60. The molecule has 130 valence electrons. The van der Waals surface area contributed by atoms with E-state index in [0.717, 1.165) is 28.3 Å². The third kappa shape index (κ3) is 4.11. The lowest BCUT2D eigenvalue weighted by Gasteiger charge is -2.03. The fourth-order valence-corrected chi connectivity index (χ4v) is 3.22. The van der Waals surface area contributed by atoms with Crippen molar-refractivity contribution in [3.05, 3.63) is 64.5 Å². The van der Waals surface area contributed by atoms with Crippen molar-refractivity contribution in [1.29, 1.82) is 5.26 Å². The van der Waals surface area contributed by atoms with Crippen LogP contribution >= 0.6 is 11.3 Å². The Balaban J connectivity index is 1.84. The minimum absolute atomic E-state index is 0.539. The highest BCUT2D eigenvalue weighted by molar-refractivity contribution is 7.11. The number of hydrogen-bond acceptors (Lipinski definition) is 5. The second kappa shape index (κ2) is 8.32. The molecule has 0 radical (unpaired) electrons. The number of aromatic nitrogens is 1. The Hall–Kier alpha value is -3.10. The molecule has 1 heterocycles. The Morgan fingerprint density at radius 1 is 1.12 bits per heavy atom. The molecular formula is C21H18N2O2S. The van der Waals surface area contributed by atoms with Crippen LogP contribution in [0.2, 0.25) is 0 Å². The minimum Gasteiger partial charge on any atom is -0.497 e. The van der Waals surface area contributed by atoms with Gasteiger partial charge in [-0.1, -0.05) is 12.1 Å². The van der Waals surface area contributed by atoms with Crippen molar-refractivity contribution in [1.82, 2.24) is 4.98 Å². The van der Waals surface area contributed by atoms with Gasteiger partial charge in [0, 0.05) is 10.9 Å². The van der Waals surface area contributed by atoms with E-state index in [9.17, 15) is 5.26 Å². The van der Waals surface area contributed by atoms with Crippen LogP contribution in [0.15, 0.2) is 53.9 Å². The SMILES string of the molecule is CCOc1ccc(-c2csc(C(C#N)=Cc3ccc(OC)cc3)n2)cc1. The number of allylic oxidation sites excluding steroid dienone is 1. The van der Waals surface area contributed by atoms with E-state index in [2.05, 4.69) is 11.1 Å². The standard InChI is InChI=1S/C21H18N2O2S/c1-3-25-19-10-6-16(7-11-19)20-14-26-21(23-20)17(13-22)12-15-4-8-18(24-2)9-5-15/h4-12,14H,3H2,1-2H3. The zero-order valence-corrected chi connectivity index (χ0v) is 15.4. The zero-order chi connectivity index (χ0) is 18.4. The third-order valence-corrected chi connectivity index (χ3v) is 4.62. The van der Waals surface area contributed by atoms with Crippen LogP contribution in [0, 0.1) is 11.3 Å². The number of methoxy groups -OCH3 is 1. The van der Waals surface area contributed by atoms with Gasteiger partial charge in [0.2, 0.25) is 0 Å². The van der Waals surface area contributed by atoms with Gasteiger partial charge in [-0.3, -0.25) is 0 Å². The van der Waals surface area contributed by atoms with Gasteiger partial charge in [0.15, 0.2) is 0 Å². The summed E-state index contributed by atoms with van der Waals surface area (Å²) >= 11 is 1.46. The van der Waals surface area contributed by atoms with Crippen molar-refractivity contribution in [2.24, 2.45) is 0 Å². The molecule has 1 aromatic heterocycles. The van der Waals surface area contributed by atoms with Crippen LogP contribution in [0.3, 0.4) is 0 Å². The van der Waals surface area contributed by atoms with Gasteiger partial charge in [-0.15, -0.1) is 11.3 Å². The van der Waals surface area contributed by atoms with Gasteiger partial charge in [0.25, 0.3) is 0 Å². The maximum atomic E-state index is 9.52. The first kappa shape index (κ1) is 17.7. The molecule has 0 unspecified atom stereocenters. The summed E-state index contributed by atoms with van der Waals surface area (Å²) in [7, 11) is 1.63. The van der Waals surface area contributed by atoms with Crippen LogP contribution in [-0.4, -0.2) is 18.7 Å². The molecule has 0 aliphatic carbocycles. The molecule has 0 spiro atoms. The van der Waals surface area contributed by atoms with Crippen LogP contribution in [0.5, 0.6) is 11.5 Å². The van der Waals surface area contributed by atoms with E-state index in [1.54, 1.807) is 7.11 Å². The lowest BCUT2D eigenvalue weighted by atomic mass is 10.1. The van der Waals surface area contributed by atoms with Gasteiger partial charge in [0.1, 0.15) is 22.6 Å². The first-order valence-electron chi connectivity index (χ1n) is 8.18. The largest absolute Gasteiger partial charge is 0.497 e. The summed E-state index contributed by atoms with van der Waals surface area (Å²) in [5.41, 5.74) is 3.32. The molecule has 0 N–H and O–H groups in total. The molecule has 0 amide bonds. The molecule has 4 nitrogen and oxygen atoms in total. The second-order valence-electron chi connectivity index (χ2n) is 5.44. The molecule has 26 heavy (non-hydrogen) atoms. The van der Waals surface area contributed by atoms with Gasteiger partial charge in [0.05, 0.1) is 25.0 Å². The number of nitriles is 1. The van der Waals surface area contributed by atoms with E-state index in [4.69, 9.17) is 9.47 Å². The van der Waals surface area contributed by atoms with Crippen molar-refractivity contribution in [3.8, 4) is 28.8 Å². The van der Waals surface area contributed by atoms with Gasteiger partial charge >= 0.3 is 0 Å². The number of rotatable bonds is 6. The second-order valence-corrected chi connectivity index (χ2v) is 6.30. The summed E-state index contributed by atoms with van der Waals surface area (Å²) < 4.78 is 10.6. The first-order valence-corrected chi connectivity index (χ1v) is 9.06. The van der Waals surface area contributed by atoms with Gasteiger partial charge in [-0.2, -0.15) is 5.26 Å². The number of hydrogen-bond donors (Lipinski definition) is 0. The zero-order valence-electron chi connectivity index (χ0n) is 14.6. The molecule has 0 bridgehead atoms. The maximum absolute atomic E-state index is 9.52. The van der Waals surface area contributed by atoms with Crippen LogP contribution in [0.4, 0.5) is 0 Å². The van der Waals surface area contributed by atoms with Gasteiger partial charge < -0.3 is 9.47 Å². The van der Waals surface area contributed by atoms with Crippen LogP contribution in [-0.2, 0) is 0 Å². The molecular weight excluding hydrogens is 344 g/mol. The molecule has 0 saturated carbocycles. The van der Waals surface area contributed by atoms with Crippen molar-refractivity contribution in [2.75, 3.05) is 13.7 Å². The molecule has 0 aliphatic heterocycles. The van der Waals surface area contributed by atoms with Crippen molar-refractivity contribution >= 4 is 23.0 Å². The Kier molecular flexibility index (Phi) is 5.67. The minimum atomic E-state index is 0.539. The molecule has 3 rings (SSSR count). The fraction of sp³-hybridized carbons (Fsp3) is 0.143. The molecule has 0 atom stereocenters. The smallest absolute Gasteiger partial charge is 0.134 e. The Morgan fingerprint density at radius 3 is 2.42 bits per heavy atom. The van der Waals surface area contributed by atoms with E-state index < -0.39 is 0 Å². The lowest BCUT2D eigenvalue weighted by Crippen LogP contribution is -1.90. The predicted octanol–water partition coefficient (Wildman–Crippen LogP) is 5.28. The lowest BCUT2D eigenvalue weighted by molar-refractivity contribution is 0.340. The van der Waals surface area contributed by atoms with E-state index >= 15 is 0 Å². The normalized spacial score (nSPS) is 11.0. The van der Waals surface area contributed by atoms with Crippen LogP contribution in [0.1, 0.15) is 17.5 Å². The summed E-state index contributed by atoms with van der Waals surface area (Å²) in [5, 5.41) is 12.2. The van der Waals surface area contributed by atoms with Crippen molar-refractivity contribution in [2.45, 2.75) is 6.92 Å². The number of ether oxygens (including phenoxy) is 2. The average molecular weight is 362 g/mol. The van der Waals surface area contributed by atoms with Crippen LogP contribution < -0.4 is 9.47 Å². The molecule has 5 heteroatoms. The van der Waals surface area contributed by atoms with E-state index in [-0.39, 0.29) is 0 Å². The highest BCUT2D eigenvalue weighted by atomic mass is 32.1. The average Bonchev–Trinajstić information content (AvgIpc) is 3.17. The van der Waals surface area contributed by atoms with Crippen molar-refractivity contribution in [3.63, 3.8) is 0 Å². The quantitative estimate of drug-likeness (QED) is 0.560. The predicted molar refractivity (Wildman–Crippen MR) is 105 cm³/mol. The monoisotopic (exact) mass is 362 g/mol. The summed E-state index contributed by atoms with van der Waals surface area (Å²) in [6.07, 6.45) is 1.83. The van der Waals surface area contributed by atoms with Gasteiger partial charge in [-0.05, 0) is 55.0 Å².